The van der Waals surface area contributed by atoms with Crippen molar-refractivity contribution in [1.82, 2.24) is 19.8 Å². The zero-order valence-corrected chi connectivity index (χ0v) is 28.9. The van der Waals surface area contributed by atoms with Crippen molar-refractivity contribution in [2.24, 2.45) is 0 Å². The van der Waals surface area contributed by atoms with Crippen LogP contribution in [0, 0.1) is 6.92 Å². The Bertz CT molecular complexity index is 1480. The number of nitrogens with one attached hydrogen (secondary N) is 2. The van der Waals surface area contributed by atoms with Crippen molar-refractivity contribution in [2.75, 3.05) is 83.0 Å². The number of likely N-dealkylation sites (tertiary alicyclic amines) is 1. The number of aromatic nitrogens is 2. The molecule has 236 valence electrons. The van der Waals surface area contributed by atoms with Crippen LogP contribution in [0.3, 0.4) is 0 Å². The van der Waals surface area contributed by atoms with Crippen molar-refractivity contribution in [3.8, 4) is 11.5 Å². The van der Waals surface area contributed by atoms with Crippen molar-refractivity contribution < 1.29 is 14.2 Å². The van der Waals surface area contributed by atoms with E-state index >= 15 is 0 Å². The number of fused-ring (bicyclic) bond motifs is 1. The SMILES string of the molecule is COc1cc(N2CCC(N3CC(N(C)C)C3)CC2)c(C)cc1Nc1ncc(Br)c(Nc2cccc3c2C(P(C)C)OCO3)n1. The van der Waals surface area contributed by atoms with Crippen LogP contribution in [0.15, 0.2) is 41.0 Å². The Hall–Kier alpha value is -2.69. The lowest BCUT2D eigenvalue weighted by atomic mass is 9.96. The molecule has 2 aromatic carbocycles. The molecule has 0 radical (unpaired) electrons. The van der Waals surface area contributed by atoms with Crippen LogP contribution in [0.25, 0.3) is 0 Å². The van der Waals surface area contributed by atoms with Gasteiger partial charge in [-0.15, -0.1) is 0 Å². The molecule has 6 rings (SSSR count). The second-order valence-electron chi connectivity index (χ2n) is 12.2. The summed E-state index contributed by atoms with van der Waals surface area (Å²) >= 11 is 3.63. The quantitative estimate of drug-likeness (QED) is 0.248. The highest BCUT2D eigenvalue weighted by molar-refractivity contribution is 9.10. The molecule has 0 saturated carbocycles. The van der Waals surface area contributed by atoms with Gasteiger partial charge < -0.3 is 34.6 Å². The molecular formula is C32H43BrN7O3P. The predicted octanol–water partition coefficient (Wildman–Crippen LogP) is 6.36. The normalized spacial score (nSPS) is 19.5. The lowest BCUT2D eigenvalue weighted by molar-refractivity contribution is -0.0229. The standard InChI is InChI=1S/C32H43BrN7O3P/c1-20-14-25(28(41-4)15-26(20)39-12-10-21(11-13-39)40-17-22(18-40)38(2)3)36-32-34-16-23(33)30(37-32)35-24-8-7-9-27-29(24)31(44(5)6)43-19-42-27/h7-9,14-16,21-22,31H,10-13,17-19H2,1-6H3,(H2,34,35,36,37). The molecule has 1 atom stereocenters. The lowest BCUT2D eigenvalue weighted by Crippen LogP contribution is -2.62. The Morgan fingerprint density at radius 2 is 1.86 bits per heavy atom. The van der Waals surface area contributed by atoms with Gasteiger partial charge in [0.25, 0.3) is 0 Å². The monoisotopic (exact) mass is 683 g/mol. The van der Waals surface area contributed by atoms with Gasteiger partial charge in [0.1, 0.15) is 23.2 Å². The van der Waals surface area contributed by atoms with E-state index in [-0.39, 0.29) is 20.6 Å². The van der Waals surface area contributed by atoms with Crippen LogP contribution >= 0.6 is 23.9 Å². The van der Waals surface area contributed by atoms with Crippen LogP contribution in [0.1, 0.15) is 29.8 Å². The summed E-state index contributed by atoms with van der Waals surface area (Å²) in [4.78, 5) is 16.9. The third kappa shape index (κ3) is 6.49. The third-order valence-corrected chi connectivity index (χ3v) is 10.9. The summed E-state index contributed by atoms with van der Waals surface area (Å²) in [6.07, 6.45) is 4.12. The number of aryl methyl sites for hydroxylation is 1. The number of hydrogen-bond acceptors (Lipinski definition) is 10. The molecule has 1 aromatic heterocycles. The third-order valence-electron chi connectivity index (χ3n) is 8.93. The van der Waals surface area contributed by atoms with Gasteiger partial charge in [0.2, 0.25) is 5.95 Å². The number of benzene rings is 2. The minimum atomic E-state index is -0.388. The summed E-state index contributed by atoms with van der Waals surface area (Å²) in [6, 6.07) is 11.7. The van der Waals surface area contributed by atoms with Gasteiger partial charge in [0, 0.05) is 61.9 Å². The zero-order valence-electron chi connectivity index (χ0n) is 26.4. The van der Waals surface area contributed by atoms with E-state index in [2.05, 4.69) is 92.7 Å². The molecular weight excluding hydrogens is 641 g/mol. The highest BCUT2D eigenvalue weighted by Gasteiger charge is 2.35. The average molecular weight is 685 g/mol. The molecule has 3 aliphatic heterocycles. The number of hydrogen-bond donors (Lipinski definition) is 2. The molecule has 4 heterocycles. The Balaban J connectivity index is 1.17. The molecule has 3 aliphatic rings. The fourth-order valence-electron chi connectivity index (χ4n) is 6.32. The van der Waals surface area contributed by atoms with E-state index in [4.69, 9.17) is 19.2 Å². The second-order valence-corrected chi connectivity index (χ2v) is 15.5. The van der Waals surface area contributed by atoms with Crippen molar-refractivity contribution in [1.29, 1.82) is 0 Å². The minimum Gasteiger partial charge on any atom is -0.494 e. The molecule has 1 unspecified atom stereocenters. The average Bonchev–Trinajstić information content (AvgIpc) is 2.98. The molecule has 2 fully saturated rings. The number of nitrogens with zero attached hydrogens (tertiary/aromatic N) is 5. The van der Waals surface area contributed by atoms with E-state index in [1.165, 1.54) is 37.2 Å². The molecule has 0 spiro atoms. The van der Waals surface area contributed by atoms with Crippen molar-refractivity contribution in [2.45, 2.75) is 37.7 Å². The van der Waals surface area contributed by atoms with Gasteiger partial charge in [-0.25, -0.2) is 4.98 Å². The van der Waals surface area contributed by atoms with Gasteiger partial charge in [-0.2, -0.15) is 4.98 Å². The Morgan fingerprint density at radius 1 is 1.09 bits per heavy atom. The van der Waals surface area contributed by atoms with Gasteiger partial charge >= 0.3 is 0 Å². The summed E-state index contributed by atoms with van der Waals surface area (Å²) < 4.78 is 18.4. The fraction of sp³-hybridized carbons (Fsp3) is 0.500. The lowest BCUT2D eigenvalue weighted by Gasteiger charge is -2.49. The van der Waals surface area contributed by atoms with E-state index in [1.807, 2.05) is 18.2 Å². The molecule has 10 nitrogen and oxygen atoms in total. The Morgan fingerprint density at radius 3 is 2.57 bits per heavy atom. The predicted molar refractivity (Wildman–Crippen MR) is 183 cm³/mol. The first kappa shape index (κ1) is 31.3. The van der Waals surface area contributed by atoms with Crippen LogP contribution in [-0.2, 0) is 4.74 Å². The van der Waals surface area contributed by atoms with Crippen LogP contribution < -0.4 is 25.0 Å². The summed E-state index contributed by atoms with van der Waals surface area (Å²) in [6.45, 7) is 11.3. The van der Waals surface area contributed by atoms with Crippen molar-refractivity contribution in [3.05, 3.63) is 52.1 Å². The largest absolute Gasteiger partial charge is 0.494 e. The number of ether oxygens (including phenoxy) is 3. The number of methoxy groups -OCH3 is 1. The molecule has 0 bridgehead atoms. The van der Waals surface area contributed by atoms with E-state index in [1.54, 1.807) is 13.3 Å². The molecule has 3 aromatic rings. The highest BCUT2D eigenvalue weighted by Crippen LogP contribution is 2.53. The zero-order chi connectivity index (χ0) is 31.0. The smallest absolute Gasteiger partial charge is 0.229 e. The number of anilines is 5. The molecule has 2 N–H and O–H groups in total. The Labute approximate surface area is 270 Å². The number of rotatable bonds is 9. The van der Waals surface area contributed by atoms with Crippen molar-refractivity contribution >= 4 is 52.7 Å². The van der Waals surface area contributed by atoms with Crippen LogP contribution in [0.2, 0.25) is 0 Å². The maximum atomic E-state index is 5.99. The van der Waals surface area contributed by atoms with Gasteiger partial charge in [0.15, 0.2) is 6.79 Å². The fourth-order valence-corrected chi connectivity index (χ4v) is 7.75. The van der Waals surface area contributed by atoms with Gasteiger partial charge in [0.05, 0.1) is 22.8 Å². The maximum absolute atomic E-state index is 5.99. The van der Waals surface area contributed by atoms with E-state index in [0.717, 1.165) is 46.0 Å². The number of halogens is 1. The summed E-state index contributed by atoms with van der Waals surface area (Å²) in [5.74, 6) is 2.70. The maximum Gasteiger partial charge on any atom is 0.229 e. The topological polar surface area (TPSA) is 87.3 Å². The second kappa shape index (κ2) is 13.3. The minimum absolute atomic E-state index is 0.0154. The van der Waals surface area contributed by atoms with E-state index < -0.39 is 0 Å². The molecule has 0 amide bonds. The Kier molecular flexibility index (Phi) is 9.50. The summed E-state index contributed by atoms with van der Waals surface area (Å²) in [7, 11) is 5.69. The summed E-state index contributed by atoms with van der Waals surface area (Å²) in [5.41, 5.74) is 5.17. The van der Waals surface area contributed by atoms with Crippen molar-refractivity contribution in [3.63, 3.8) is 0 Å². The molecule has 0 aliphatic carbocycles. The summed E-state index contributed by atoms with van der Waals surface area (Å²) in [5, 5.41) is 6.90. The van der Waals surface area contributed by atoms with Gasteiger partial charge in [-0.05, 0) is 86.9 Å². The first-order valence-electron chi connectivity index (χ1n) is 15.2. The highest BCUT2D eigenvalue weighted by atomic mass is 79.9. The molecule has 44 heavy (non-hydrogen) atoms. The van der Waals surface area contributed by atoms with Crippen LogP contribution in [0.4, 0.5) is 28.8 Å². The van der Waals surface area contributed by atoms with Crippen LogP contribution in [-0.4, -0.2) is 99.4 Å². The number of piperidine rings is 1. The molecule has 12 heteroatoms. The number of likely N-dealkylation sites (N-methyl/N-ethyl adjacent to an activating group) is 1. The van der Waals surface area contributed by atoms with Gasteiger partial charge in [-0.3, -0.25) is 4.90 Å². The molecule has 2 saturated heterocycles. The first-order chi connectivity index (χ1) is 21.2. The van der Waals surface area contributed by atoms with E-state index in [9.17, 15) is 0 Å². The van der Waals surface area contributed by atoms with Gasteiger partial charge in [-0.1, -0.05) is 14.0 Å². The van der Waals surface area contributed by atoms with E-state index in [0.29, 0.717) is 23.8 Å². The first-order valence-corrected chi connectivity index (χ1v) is 18.3. The van der Waals surface area contributed by atoms with Crippen LogP contribution in [0.5, 0.6) is 11.5 Å².